The smallest absolute Gasteiger partial charge is 0.256 e. The van der Waals surface area contributed by atoms with Crippen molar-refractivity contribution in [3.8, 4) is 5.75 Å². The van der Waals surface area contributed by atoms with Gasteiger partial charge >= 0.3 is 0 Å². The average Bonchev–Trinajstić information content (AvgIpc) is 2.64. The van der Waals surface area contributed by atoms with Crippen molar-refractivity contribution in [2.45, 2.75) is 0 Å². The number of anilines is 3. The minimum atomic E-state index is -0.407. The molecule has 0 saturated carbocycles. The molecule has 0 bridgehead atoms. The predicted molar refractivity (Wildman–Crippen MR) is 97.7 cm³/mol. The molecule has 3 aromatic rings. The van der Waals surface area contributed by atoms with Gasteiger partial charge in [-0.3, -0.25) is 4.79 Å². The minimum absolute atomic E-state index is 0.276. The maximum absolute atomic E-state index is 12.9. The van der Waals surface area contributed by atoms with Gasteiger partial charge in [0.1, 0.15) is 11.6 Å². The molecule has 0 radical (unpaired) electrons. The minimum Gasteiger partial charge on any atom is -0.495 e. The number of rotatable bonds is 5. The summed E-state index contributed by atoms with van der Waals surface area (Å²) >= 11 is 6.07. The zero-order chi connectivity index (χ0) is 18.5. The van der Waals surface area contributed by atoms with Gasteiger partial charge in [-0.15, -0.1) is 10.2 Å². The number of methoxy groups -OCH3 is 1. The number of nitrogens with zero attached hydrogens (tertiary/aromatic N) is 2. The zero-order valence-electron chi connectivity index (χ0n) is 13.7. The quantitative estimate of drug-likeness (QED) is 0.699. The van der Waals surface area contributed by atoms with Crippen LogP contribution >= 0.6 is 11.6 Å². The van der Waals surface area contributed by atoms with Crippen LogP contribution in [0.2, 0.25) is 5.02 Å². The lowest BCUT2D eigenvalue weighted by Crippen LogP contribution is -2.13. The van der Waals surface area contributed by atoms with E-state index < -0.39 is 11.7 Å². The molecule has 1 aromatic heterocycles. The van der Waals surface area contributed by atoms with Gasteiger partial charge in [0.05, 0.1) is 12.1 Å². The Morgan fingerprint density at radius 2 is 1.73 bits per heavy atom. The van der Waals surface area contributed by atoms with Crippen molar-refractivity contribution in [1.82, 2.24) is 10.2 Å². The fraction of sp³-hybridized carbons (Fsp3) is 0.0556. The second kappa shape index (κ2) is 7.79. The van der Waals surface area contributed by atoms with E-state index in [0.29, 0.717) is 27.8 Å². The van der Waals surface area contributed by atoms with Crippen LogP contribution in [0.5, 0.6) is 5.75 Å². The topological polar surface area (TPSA) is 76.1 Å². The fourth-order valence-corrected chi connectivity index (χ4v) is 2.41. The van der Waals surface area contributed by atoms with Gasteiger partial charge in [-0.1, -0.05) is 11.6 Å². The lowest BCUT2D eigenvalue weighted by atomic mass is 10.2. The molecule has 3 rings (SSSR count). The number of amides is 1. The van der Waals surface area contributed by atoms with E-state index in [1.54, 1.807) is 37.4 Å². The largest absolute Gasteiger partial charge is 0.495 e. The molecule has 2 aromatic carbocycles. The Hall–Kier alpha value is -3.19. The summed E-state index contributed by atoms with van der Waals surface area (Å²) < 4.78 is 18.0. The number of nitrogens with one attached hydrogen (secondary N) is 2. The molecule has 0 fully saturated rings. The monoisotopic (exact) mass is 372 g/mol. The number of ether oxygens (including phenoxy) is 1. The molecule has 0 saturated heterocycles. The molecule has 0 aliphatic carbocycles. The molecular formula is C18H14ClFN4O2. The van der Waals surface area contributed by atoms with Crippen LogP contribution in [0.3, 0.4) is 0 Å². The van der Waals surface area contributed by atoms with Crippen molar-refractivity contribution in [3.63, 3.8) is 0 Å². The standard InChI is InChI=1S/C18H14ClFN4O2/c1-26-15-7-6-13(10-14(15)19)21-16-8-9-17(24-23-16)22-18(25)11-2-4-12(20)5-3-11/h2-10H,1H3,(H,21,23)(H,22,24,25). The van der Waals surface area contributed by atoms with Gasteiger partial charge < -0.3 is 15.4 Å². The molecule has 0 spiro atoms. The molecule has 8 heteroatoms. The second-order valence-corrected chi connectivity index (χ2v) is 5.65. The van der Waals surface area contributed by atoms with Gasteiger partial charge in [-0.2, -0.15) is 0 Å². The van der Waals surface area contributed by atoms with Gasteiger partial charge in [0, 0.05) is 11.3 Å². The van der Waals surface area contributed by atoms with E-state index in [1.807, 2.05) is 0 Å². The van der Waals surface area contributed by atoms with E-state index in [4.69, 9.17) is 16.3 Å². The van der Waals surface area contributed by atoms with Crippen molar-refractivity contribution in [1.29, 1.82) is 0 Å². The highest BCUT2D eigenvalue weighted by atomic mass is 35.5. The molecule has 0 atom stereocenters. The van der Waals surface area contributed by atoms with Crippen molar-refractivity contribution < 1.29 is 13.9 Å². The van der Waals surface area contributed by atoms with Crippen molar-refractivity contribution in [2.24, 2.45) is 0 Å². The summed E-state index contributed by atoms with van der Waals surface area (Å²) in [6, 6.07) is 13.7. The summed E-state index contributed by atoms with van der Waals surface area (Å²) in [6.07, 6.45) is 0. The van der Waals surface area contributed by atoms with Gasteiger partial charge in [-0.25, -0.2) is 4.39 Å². The fourth-order valence-electron chi connectivity index (χ4n) is 2.15. The number of benzene rings is 2. The van der Waals surface area contributed by atoms with Crippen LogP contribution in [-0.4, -0.2) is 23.2 Å². The van der Waals surface area contributed by atoms with E-state index in [0.717, 1.165) is 0 Å². The third-order valence-electron chi connectivity index (χ3n) is 3.44. The number of aromatic nitrogens is 2. The molecule has 26 heavy (non-hydrogen) atoms. The molecule has 0 unspecified atom stereocenters. The van der Waals surface area contributed by atoms with E-state index in [-0.39, 0.29) is 5.82 Å². The lowest BCUT2D eigenvalue weighted by molar-refractivity contribution is 0.102. The molecule has 0 aliphatic heterocycles. The summed E-state index contributed by atoms with van der Waals surface area (Å²) in [5, 5.41) is 14.0. The zero-order valence-corrected chi connectivity index (χ0v) is 14.4. The Morgan fingerprint density at radius 3 is 2.35 bits per heavy atom. The maximum Gasteiger partial charge on any atom is 0.256 e. The first kappa shape index (κ1) is 17.6. The Morgan fingerprint density at radius 1 is 1.04 bits per heavy atom. The molecule has 2 N–H and O–H groups in total. The molecule has 0 aliphatic rings. The Balaban J connectivity index is 1.65. The highest BCUT2D eigenvalue weighted by molar-refractivity contribution is 6.32. The SMILES string of the molecule is COc1ccc(Nc2ccc(NC(=O)c3ccc(F)cc3)nn2)cc1Cl. The first-order valence-electron chi connectivity index (χ1n) is 7.56. The van der Waals surface area contributed by atoms with Crippen LogP contribution in [0, 0.1) is 5.82 Å². The van der Waals surface area contributed by atoms with Crippen LogP contribution in [0.4, 0.5) is 21.7 Å². The normalized spacial score (nSPS) is 10.3. The van der Waals surface area contributed by atoms with E-state index >= 15 is 0 Å². The van der Waals surface area contributed by atoms with Crippen LogP contribution in [0.15, 0.2) is 54.6 Å². The van der Waals surface area contributed by atoms with Gasteiger partial charge in [0.25, 0.3) is 5.91 Å². The van der Waals surface area contributed by atoms with Crippen LogP contribution in [0.1, 0.15) is 10.4 Å². The molecule has 132 valence electrons. The number of carbonyl (C=O) groups is 1. The van der Waals surface area contributed by atoms with Crippen molar-refractivity contribution in [3.05, 3.63) is 71.0 Å². The first-order chi connectivity index (χ1) is 12.5. The van der Waals surface area contributed by atoms with Gasteiger partial charge in [0.15, 0.2) is 11.6 Å². The molecular weight excluding hydrogens is 359 g/mol. The van der Waals surface area contributed by atoms with E-state index in [2.05, 4.69) is 20.8 Å². The molecule has 6 nitrogen and oxygen atoms in total. The van der Waals surface area contributed by atoms with E-state index in [1.165, 1.54) is 24.3 Å². The Kier molecular flexibility index (Phi) is 5.28. The average molecular weight is 373 g/mol. The molecule has 1 amide bonds. The van der Waals surface area contributed by atoms with Gasteiger partial charge in [-0.05, 0) is 54.6 Å². The summed E-state index contributed by atoms with van der Waals surface area (Å²) in [6.45, 7) is 0. The maximum atomic E-state index is 12.9. The Bertz CT molecular complexity index is 917. The summed E-state index contributed by atoms with van der Waals surface area (Å²) in [7, 11) is 1.54. The van der Waals surface area contributed by atoms with Crippen LogP contribution in [-0.2, 0) is 0 Å². The van der Waals surface area contributed by atoms with Gasteiger partial charge in [0.2, 0.25) is 0 Å². The third-order valence-corrected chi connectivity index (χ3v) is 3.73. The second-order valence-electron chi connectivity index (χ2n) is 5.24. The lowest BCUT2D eigenvalue weighted by Gasteiger charge is -2.09. The predicted octanol–water partition coefficient (Wildman–Crippen LogP) is 4.27. The number of hydrogen-bond acceptors (Lipinski definition) is 5. The summed E-state index contributed by atoms with van der Waals surface area (Å²) in [4.78, 5) is 12.1. The number of halogens is 2. The first-order valence-corrected chi connectivity index (χ1v) is 7.94. The van der Waals surface area contributed by atoms with Crippen molar-refractivity contribution in [2.75, 3.05) is 17.7 Å². The highest BCUT2D eigenvalue weighted by Crippen LogP contribution is 2.28. The Labute approximate surface area is 154 Å². The summed E-state index contributed by atoms with van der Waals surface area (Å²) in [5.74, 6) is 0.517. The summed E-state index contributed by atoms with van der Waals surface area (Å²) in [5.41, 5.74) is 1.04. The van der Waals surface area contributed by atoms with Crippen LogP contribution < -0.4 is 15.4 Å². The number of hydrogen-bond donors (Lipinski definition) is 2. The van der Waals surface area contributed by atoms with Crippen LogP contribution in [0.25, 0.3) is 0 Å². The third kappa shape index (κ3) is 4.25. The van der Waals surface area contributed by atoms with Crippen molar-refractivity contribution >= 4 is 34.8 Å². The number of carbonyl (C=O) groups excluding carboxylic acids is 1. The van der Waals surface area contributed by atoms with E-state index in [9.17, 15) is 9.18 Å². The highest BCUT2D eigenvalue weighted by Gasteiger charge is 2.08. The molecule has 1 heterocycles.